The summed E-state index contributed by atoms with van der Waals surface area (Å²) in [5, 5.41) is 0. The van der Waals surface area contributed by atoms with E-state index in [2.05, 4.69) is 0 Å². The second-order valence-electron chi connectivity index (χ2n) is 4.24. The summed E-state index contributed by atoms with van der Waals surface area (Å²) >= 11 is 0. The van der Waals surface area contributed by atoms with Crippen LogP contribution in [0.25, 0.3) is 12.2 Å². The minimum atomic E-state index is 0.442. The molecule has 0 unspecified atom stereocenters. The van der Waals surface area contributed by atoms with Crippen molar-refractivity contribution in [2.75, 3.05) is 17.2 Å². The molecule has 96 valence electrons. The van der Waals surface area contributed by atoms with Crippen LogP contribution in [0.2, 0.25) is 0 Å². The van der Waals surface area contributed by atoms with Crippen molar-refractivity contribution in [2.45, 2.75) is 0 Å². The Balaban J connectivity index is 2.09. The van der Waals surface area contributed by atoms with Gasteiger partial charge in [-0.15, -0.1) is 0 Å². The first-order valence-electron chi connectivity index (χ1n) is 6.01. The van der Waals surface area contributed by atoms with Gasteiger partial charge in [-0.2, -0.15) is 0 Å². The molecule has 0 radical (unpaired) electrons. The summed E-state index contributed by atoms with van der Waals surface area (Å²) in [5.41, 5.74) is 20.8. The zero-order valence-corrected chi connectivity index (χ0v) is 10.6. The molecular formula is C16H17N3. The number of hydrogen-bond acceptors (Lipinski definition) is 3. The maximum Gasteiger partial charge on any atom is 0.0781 e. The highest BCUT2D eigenvalue weighted by atomic mass is 14.7. The molecular weight excluding hydrogens is 234 g/mol. The van der Waals surface area contributed by atoms with Crippen molar-refractivity contribution in [3.63, 3.8) is 0 Å². The summed E-state index contributed by atoms with van der Waals surface area (Å²) in [6.07, 6.45) is 7.88. The molecule has 0 fully saturated rings. The normalized spacial score (nSPS) is 11.4. The van der Waals surface area contributed by atoms with Crippen LogP contribution < -0.4 is 17.2 Å². The van der Waals surface area contributed by atoms with Gasteiger partial charge in [0.05, 0.1) is 17.1 Å². The van der Waals surface area contributed by atoms with Gasteiger partial charge in [0.1, 0.15) is 0 Å². The average molecular weight is 251 g/mol. The van der Waals surface area contributed by atoms with Crippen molar-refractivity contribution in [1.29, 1.82) is 0 Å². The van der Waals surface area contributed by atoms with Crippen molar-refractivity contribution in [1.82, 2.24) is 0 Å². The summed E-state index contributed by atoms with van der Waals surface area (Å²) in [6.45, 7) is 0. The standard InChI is InChI=1S/C16H17N3/c17-14-10-13(11-15(18)16(14)19)9-5-4-8-12-6-2-1-3-7-12/h1-11H,17-19H2/b8-4+,9-5+. The highest BCUT2D eigenvalue weighted by Gasteiger charge is 2.00. The van der Waals surface area contributed by atoms with E-state index >= 15 is 0 Å². The lowest BCUT2D eigenvalue weighted by molar-refractivity contribution is 1.61. The molecule has 0 heterocycles. The SMILES string of the molecule is Nc1cc(/C=C/C=C/c2ccccc2)cc(N)c1N. The van der Waals surface area contributed by atoms with Crippen LogP contribution in [0.5, 0.6) is 0 Å². The quantitative estimate of drug-likeness (QED) is 0.579. The highest BCUT2D eigenvalue weighted by molar-refractivity contribution is 5.80. The Bertz CT molecular complexity index is 590. The first-order valence-corrected chi connectivity index (χ1v) is 6.01. The lowest BCUT2D eigenvalue weighted by Gasteiger charge is -2.05. The van der Waals surface area contributed by atoms with Gasteiger partial charge in [-0.05, 0) is 23.3 Å². The molecule has 6 N–H and O–H groups in total. The fourth-order valence-corrected chi connectivity index (χ4v) is 1.72. The van der Waals surface area contributed by atoms with E-state index in [1.165, 1.54) is 0 Å². The number of hydrogen-bond donors (Lipinski definition) is 3. The van der Waals surface area contributed by atoms with Crippen molar-refractivity contribution in [3.05, 3.63) is 65.7 Å². The van der Waals surface area contributed by atoms with Gasteiger partial charge in [0, 0.05) is 0 Å². The molecule has 0 spiro atoms. The summed E-state index contributed by atoms with van der Waals surface area (Å²) in [6, 6.07) is 13.7. The molecule has 0 saturated carbocycles. The van der Waals surface area contributed by atoms with Crippen LogP contribution in [0.4, 0.5) is 17.1 Å². The fourth-order valence-electron chi connectivity index (χ4n) is 1.72. The van der Waals surface area contributed by atoms with E-state index in [0.29, 0.717) is 17.1 Å². The third-order valence-electron chi connectivity index (χ3n) is 2.75. The van der Waals surface area contributed by atoms with Gasteiger partial charge in [0.2, 0.25) is 0 Å². The zero-order valence-electron chi connectivity index (χ0n) is 10.6. The van der Waals surface area contributed by atoms with Crippen LogP contribution >= 0.6 is 0 Å². The number of rotatable bonds is 3. The topological polar surface area (TPSA) is 78.1 Å². The maximum absolute atomic E-state index is 5.76. The second-order valence-corrected chi connectivity index (χ2v) is 4.24. The molecule has 0 saturated heterocycles. The van der Waals surface area contributed by atoms with Crippen LogP contribution in [0.1, 0.15) is 11.1 Å². The summed E-state index contributed by atoms with van der Waals surface area (Å²) in [7, 11) is 0. The van der Waals surface area contributed by atoms with E-state index in [-0.39, 0.29) is 0 Å². The van der Waals surface area contributed by atoms with E-state index in [1.54, 1.807) is 12.1 Å². The maximum atomic E-state index is 5.76. The monoisotopic (exact) mass is 251 g/mol. The van der Waals surface area contributed by atoms with Crippen molar-refractivity contribution < 1.29 is 0 Å². The predicted molar refractivity (Wildman–Crippen MR) is 84.2 cm³/mol. The molecule has 2 aromatic carbocycles. The van der Waals surface area contributed by atoms with Crippen molar-refractivity contribution in [2.24, 2.45) is 0 Å². The van der Waals surface area contributed by atoms with Crippen molar-refractivity contribution in [3.8, 4) is 0 Å². The Labute approximate surface area is 113 Å². The Kier molecular flexibility index (Phi) is 3.88. The summed E-state index contributed by atoms with van der Waals surface area (Å²) < 4.78 is 0. The minimum absolute atomic E-state index is 0.442. The molecule has 0 amide bonds. The molecule has 3 nitrogen and oxygen atoms in total. The number of benzene rings is 2. The Morgan fingerprint density at radius 2 is 1.21 bits per heavy atom. The average Bonchev–Trinajstić information content (AvgIpc) is 2.42. The molecule has 2 aromatic rings. The molecule has 0 bridgehead atoms. The van der Waals surface area contributed by atoms with Gasteiger partial charge in [-0.3, -0.25) is 0 Å². The first-order chi connectivity index (χ1) is 9.16. The van der Waals surface area contributed by atoms with Gasteiger partial charge < -0.3 is 17.2 Å². The van der Waals surface area contributed by atoms with Gasteiger partial charge >= 0.3 is 0 Å². The summed E-state index contributed by atoms with van der Waals surface area (Å²) in [5.74, 6) is 0. The second kappa shape index (κ2) is 5.78. The van der Waals surface area contributed by atoms with Gasteiger partial charge in [-0.1, -0.05) is 54.6 Å². The molecule has 0 aliphatic carbocycles. The van der Waals surface area contributed by atoms with E-state index in [9.17, 15) is 0 Å². The smallest absolute Gasteiger partial charge is 0.0781 e. The zero-order chi connectivity index (χ0) is 13.7. The Morgan fingerprint density at radius 3 is 1.79 bits per heavy atom. The summed E-state index contributed by atoms with van der Waals surface area (Å²) in [4.78, 5) is 0. The molecule has 0 aliphatic rings. The van der Waals surface area contributed by atoms with Crippen LogP contribution in [0, 0.1) is 0 Å². The molecule has 3 heteroatoms. The first kappa shape index (κ1) is 12.8. The van der Waals surface area contributed by atoms with E-state index in [4.69, 9.17) is 17.2 Å². The lowest BCUT2D eigenvalue weighted by Crippen LogP contribution is -2.00. The lowest BCUT2D eigenvalue weighted by atomic mass is 10.1. The van der Waals surface area contributed by atoms with Gasteiger partial charge in [-0.25, -0.2) is 0 Å². The fraction of sp³-hybridized carbons (Fsp3) is 0. The number of allylic oxidation sites excluding steroid dienone is 2. The third-order valence-corrected chi connectivity index (χ3v) is 2.75. The Morgan fingerprint density at radius 1 is 0.684 bits per heavy atom. The number of nitrogens with two attached hydrogens (primary N) is 3. The van der Waals surface area contributed by atoms with E-state index < -0.39 is 0 Å². The van der Waals surface area contributed by atoms with Gasteiger partial charge in [0.15, 0.2) is 0 Å². The molecule has 2 rings (SSSR count). The number of anilines is 3. The third kappa shape index (κ3) is 3.39. The van der Waals surface area contributed by atoms with Crippen molar-refractivity contribution >= 4 is 29.2 Å². The minimum Gasteiger partial charge on any atom is -0.397 e. The van der Waals surface area contributed by atoms with E-state index in [0.717, 1.165) is 11.1 Å². The van der Waals surface area contributed by atoms with Gasteiger partial charge in [0.25, 0.3) is 0 Å². The molecule has 0 atom stereocenters. The highest BCUT2D eigenvalue weighted by Crippen LogP contribution is 2.24. The van der Waals surface area contributed by atoms with Crippen LogP contribution in [-0.2, 0) is 0 Å². The van der Waals surface area contributed by atoms with E-state index in [1.807, 2.05) is 54.6 Å². The molecule has 0 aliphatic heterocycles. The largest absolute Gasteiger partial charge is 0.397 e. The number of nitrogen functional groups attached to an aromatic ring is 3. The van der Waals surface area contributed by atoms with Crippen LogP contribution in [0.15, 0.2) is 54.6 Å². The van der Waals surface area contributed by atoms with Crippen LogP contribution in [0.3, 0.4) is 0 Å². The molecule has 0 aromatic heterocycles. The predicted octanol–water partition coefficient (Wildman–Crippen LogP) is 3.16. The Hall–Kier alpha value is -2.68. The molecule has 19 heavy (non-hydrogen) atoms. The van der Waals surface area contributed by atoms with Crippen LogP contribution in [-0.4, -0.2) is 0 Å².